The number of carboxylic acids is 2. The second kappa shape index (κ2) is 6.01. The van der Waals surface area contributed by atoms with Crippen LogP contribution in [0.2, 0.25) is 0 Å². The van der Waals surface area contributed by atoms with Crippen molar-refractivity contribution in [3.05, 3.63) is 12.0 Å². The fourth-order valence-electron chi connectivity index (χ4n) is 1.58. The van der Waals surface area contributed by atoms with Gasteiger partial charge in [-0.3, -0.25) is 9.59 Å². The second-order valence-corrected chi connectivity index (χ2v) is 5.86. The van der Waals surface area contributed by atoms with E-state index in [1.807, 2.05) is 0 Å². The molecular weight excluding hydrogens is 290 g/mol. The van der Waals surface area contributed by atoms with E-state index >= 15 is 0 Å². The van der Waals surface area contributed by atoms with Gasteiger partial charge in [0.2, 0.25) is 0 Å². The smallest absolute Gasteiger partial charge is 0.318 e. The van der Waals surface area contributed by atoms with Gasteiger partial charge in [-0.1, -0.05) is 0 Å². The number of hydrogen-bond acceptors (Lipinski definition) is 5. The van der Waals surface area contributed by atoms with Gasteiger partial charge in [0.05, 0.1) is 0 Å². The van der Waals surface area contributed by atoms with Crippen LogP contribution in [0.25, 0.3) is 0 Å². The van der Waals surface area contributed by atoms with Crippen LogP contribution in [0.5, 0.6) is 0 Å². The zero-order valence-corrected chi connectivity index (χ0v) is 11.8. The van der Waals surface area contributed by atoms with Gasteiger partial charge < -0.3 is 14.8 Å². The first-order chi connectivity index (χ1) is 9.18. The number of carbonyl (C=O) groups is 2. The van der Waals surface area contributed by atoms with Crippen molar-refractivity contribution in [3.63, 3.8) is 0 Å². The quantitative estimate of drug-likeness (QED) is 0.686. The summed E-state index contributed by atoms with van der Waals surface area (Å²) < 4.78 is 26.3. The number of rotatable bonds is 7. The Balaban J connectivity index is 3.20. The van der Waals surface area contributed by atoms with Crippen molar-refractivity contribution in [2.75, 3.05) is 13.1 Å². The average molecular weight is 305 g/mol. The van der Waals surface area contributed by atoms with Crippen LogP contribution < -0.4 is 0 Å². The minimum absolute atomic E-state index is 0.361. The van der Waals surface area contributed by atoms with E-state index in [1.165, 1.54) is 6.20 Å². The highest BCUT2D eigenvalue weighted by atomic mass is 32.2. The summed E-state index contributed by atoms with van der Waals surface area (Å²) in [6.07, 6.45) is 1.25. The average Bonchev–Trinajstić information content (AvgIpc) is 2.69. The molecule has 1 aromatic heterocycles. The predicted octanol–water partition coefficient (Wildman–Crippen LogP) is -0.629. The first-order valence-corrected chi connectivity index (χ1v) is 7.10. The normalized spacial score (nSPS) is 11.8. The highest BCUT2D eigenvalue weighted by Crippen LogP contribution is 2.15. The molecule has 9 nitrogen and oxygen atoms in total. The molecule has 1 rings (SSSR count). The Hall–Kier alpha value is -1.94. The number of sulfonamides is 1. The number of nitrogens with zero attached hydrogens (tertiary/aromatic N) is 3. The molecule has 0 unspecified atom stereocenters. The number of aromatic nitrogens is 2. The molecule has 0 saturated heterocycles. The summed E-state index contributed by atoms with van der Waals surface area (Å²) in [5, 5.41) is 17.0. The van der Waals surface area contributed by atoms with E-state index in [4.69, 9.17) is 10.2 Å². The standard InChI is InChI=1S/C10H15N3O6S/c1-3-12-4-8(11-7(12)2)20(18,19)13(5-9(14)15)6-10(16)17/h4H,3,5-6H2,1-2H3,(H,14,15)(H,16,17). The zero-order valence-electron chi connectivity index (χ0n) is 11.0. The van der Waals surface area contributed by atoms with Crippen LogP contribution >= 0.6 is 0 Å². The molecule has 10 heteroatoms. The summed E-state index contributed by atoms with van der Waals surface area (Å²) >= 11 is 0. The molecular formula is C10H15N3O6S. The predicted molar refractivity (Wildman–Crippen MR) is 66.7 cm³/mol. The molecule has 1 heterocycles. The van der Waals surface area contributed by atoms with Crippen molar-refractivity contribution in [1.29, 1.82) is 0 Å². The van der Waals surface area contributed by atoms with Crippen LogP contribution in [0.1, 0.15) is 12.7 Å². The largest absolute Gasteiger partial charge is 0.480 e. The van der Waals surface area contributed by atoms with Gasteiger partial charge in [0.15, 0.2) is 5.03 Å². The number of hydrogen-bond donors (Lipinski definition) is 2. The lowest BCUT2D eigenvalue weighted by molar-refractivity contribution is -0.139. The van der Waals surface area contributed by atoms with E-state index in [0.29, 0.717) is 16.7 Å². The molecule has 112 valence electrons. The molecule has 0 atom stereocenters. The maximum atomic E-state index is 12.2. The monoisotopic (exact) mass is 305 g/mol. The van der Waals surface area contributed by atoms with Crippen molar-refractivity contribution < 1.29 is 28.2 Å². The maximum absolute atomic E-state index is 12.2. The van der Waals surface area contributed by atoms with Crippen LogP contribution in [0.3, 0.4) is 0 Å². The van der Waals surface area contributed by atoms with Crippen LogP contribution in [-0.4, -0.2) is 57.5 Å². The third kappa shape index (κ3) is 3.54. The van der Waals surface area contributed by atoms with Gasteiger partial charge in [0, 0.05) is 12.7 Å². The van der Waals surface area contributed by atoms with Gasteiger partial charge in [-0.2, -0.15) is 4.31 Å². The lowest BCUT2D eigenvalue weighted by Crippen LogP contribution is -2.39. The van der Waals surface area contributed by atoms with Crippen molar-refractivity contribution in [1.82, 2.24) is 13.9 Å². The Labute approximate surface area is 115 Å². The molecule has 1 aromatic rings. The first-order valence-electron chi connectivity index (χ1n) is 5.66. The van der Waals surface area contributed by atoms with Gasteiger partial charge in [-0.05, 0) is 13.8 Å². The topological polar surface area (TPSA) is 130 Å². The van der Waals surface area contributed by atoms with Gasteiger partial charge in [-0.25, -0.2) is 13.4 Å². The Morgan fingerprint density at radius 2 is 1.80 bits per heavy atom. The molecule has 0 radical (unpaired) electrons. The molecule has 2 N–H and O–H groups in total. The Morgan fingerprint density at radius 1 is 1.30 bits per heavy atom. The summed E-state index contributed by atoms with van der Waals surface area (Å²) in [4.78, 5) is 25.2. The van der Waals surface area contributed by atoms with Crippen molar-refractivity contribution >= 4 is 22.0 Å². The highest BCUT2D eigenvalue weighted by Gasteiger charge is 2.31. The van der Waals surface area contributed by atoms with E-state index in [2.05, 4.69) is 4.98 Å². The number of carboxylic acid groups (broad SMARTS) is 2. The van der Waals surface area contributed by atoms with Crippen LogP contribution in [0, 0.1) is 6.92 Å². The van der Waals surface area contributed by atoms with E-state index in [-0.39, 0.29) is 5.03 Å². The Kier molecular flexibility index (Phi) is 4.84. The van der Waals surface area contributed by atoms with E-state index in [1.54, 1.807) is 18.4 Å². The van der Waals surface area contributed by atoms with Crippen molar-refractivity contribution in [2.45, 2.75) is 25.4 Å². The first kappa shape index (κ1) is 16.1. The van der Waals surface area contributed by atoms with Gasteiger partial charge >= 0.3 is 11.9 Å². The molecule has 0 aliphatic heterocycles. The van der Waals surface area contributed by atoms with E-state index in [0.717, 1.165) is 0 Å². The van der Waals surface area contributed by atoms with Crippen LogP contribution in [-0.2, 0) is 26.2 Å². The van der Waals surface area contributed by atoms with Crippen molar-refractivity contribution in [2.24, 2.45) is 0 Å². The van der Waals surface area contributed by atoms with Crippen LogP contribution in [0.15, 0.2) is 11.2 Å². The Bertz CT molecular complexity index is 605. The zero-order chi connectivity index (χ0) is 15.5. The summed E-state index contributed by atoms with van der Waals surface area (Å²) in [5.74, 6) is -2.44. The minimum atomic E-state index is -4.26. The summed E-state index contributed by atoms with van der Waals surface area (Å²) in [7, 11) is -4.26. The number of imidazole rings is 1. The summed E-state index contributed by atoms with van der Waals surface area (Å²) in [5.41, 5.74) is 0. The minimum Gasteiger partial charge on any atom is -0.480 e. The fraction of sp³-hybridized carbons (Fsp3) is 0.500. The van der Waals surface area contributed by atoms with Gasteiger partial charge in [0.1, 0.15) is 18.9 Å². The third-order valence-electron chi connectivity index (χ3n) is 2.52. The lowest BCUT2D eigenvalue weighted by atomic mass is 10.6. The van der Waals surface area contributed by atoms with Crippen molar-refractivity contribution in [3.8, 4) is 0 Å². The maximum Gasteiger partial charge on any atom is 0.318 e. The Morgan fingerprint density at radius 3 is 2.15 bits per heavy atom. The second-order valence-electron chi connectivity index (χ2n) is 3.97. The molecule has 0 bridgehead atoms. The summed E-state index contributed by atoms with van der Waals surface area (Å²) in [6.45, 7) is 2.00. The molecule has 0 fully saturated rings. The SMILES string of the molecule is CCn1cc(S(=O)(=O)N(CC(=O)O)CC(=O)O)nc1C. The number of aryl methyl sites for hydroxylation is 2. The highest BCUT2D eigenvalue weighted by molar-refractivity contribution is 7.89. The number of aliphatic carboxylic acids is 2. The molecule has 0 aromatic carbocycles. The molecule has 20 heavy (non-hydrogen) atoms. The lowest BCUT2D eigenvalue weighted by Gasteiger charge is -2.16. The fourth-order valence-corrected chi connectivity index (χ4v) is 2.92. The molecule has 0 amide bonds. The molecule has 0 aliphatic rings. The van der Waals surface area contributed by atoms with Gasteiger partial charge in [-0.15, -0.1) is 0 Å². The third-order valence-corrected chi connectivity index (χ3v) is 4.19. The van der Waals surface area contributed by atoms with E-state index in [9.17, 15) is 18.0 Å². The summed E-state index contributed by atoms with van der Waals surface area (Å²) in [6, 6.07) is 0. The molecule has 0 aliphatic carbocycles. The van der Waals surface area contributed by atoms with E-state index < -0.39 is 35.1 Å². The molecule has 0 saturated carbocycles. The van der Waals surface area contributed by atoms with Crippen LogP contribution in [0.4, 0.5) is 0 Å². The van der Waals surface area contributed by atoms with Gasteiger partial charge in [0.25, 0.3) is 10.0 Å². The molecule has 0 spiro atoms.